The van der Waals surface area contributed by atoms with Crippen LogP contribution in [0, 0.1) is 0 Å². The molecule has 5 nitrogen and oxygen atoms in total. The number of thioether (sulfide) groups is 1. The van der Waals surface area contributed by atoms with Crippen molar-refractivity contribution in [3.8, 4) is 0 Å². The van der Waals surface area contributed by atoms with E-state index in [9.17, 15) is 22.8 Å². The third-order valence-electron chi connectivity index (χ3n) is 1.68. The molecule has 0 aliphatic rings. The predicted molar refractivity (Wildman–Crippen MR) is 63.2 cm³/mol. The number of rotatable bonds is 6. The zero-order valence-electron chi connectivity index (χ0n) is 9.36. The Hall–Kier alpha value is -1.29. The molecule has 19 heavy (non-hydrogen) atoms. The predicted octanol–water partition coefficient (Wildman–Crippen LogP) is 1.54. The van der Waals surface area contributed by atoms with Crippen LogP contribution in [0.4, 0.5) is 13.2 Å². The SMILES string of the molecule is O=C(O)Cc1csc(SCC(=O)NCC(F)(F)F)n1. The second kappa shape index (κ2) is 6.75. The van der Waals surface area contributed by atoms with Crippen molar-refractivity contribution in [3.05, 3.63) is 11.1 Å². The largest absolute Gasteiger partial charge is 0.481 e. The maximum Gasteiger partial charge on any atom is 0.405 e. The highest BCUT2D eigenvalue weighted by molar-refractivity contribution is 8.01. The van der Waals surface area contributed by atoms with Gasteiger partial charge < -0.3 is 10.4 Å². The van der Waals surface area contributed by atoms with Crippen LogP contribution in [0.25, 0.3) is 0 Å². The number of amides is 1. The number of nitrogens with one attached hydrogen (secondary N) is 1. The minimum atomic E-state index is -4.43. The van der Waals surface area contributed by atoms with Gasteiger partial charge in [-0.15, -0.1) is 11.3 Å². The van der Waals surface area contributed by atoms with Gasteiger partial charge in [-0.3, -0.25) is 9.59 Å². The van der Waals surface area contributed by atoms with E-state index < -0.39 is 24.6 Å². The molecule has 1 heterocycles. The van der Waals surface area contributed by atoms with Crippen LogP contribution in [0.15, 0.2) is 9.72 Å². The summed E-state index contributed by atoms with van der Waals surface area (Å²) in [5.41, 5.74) is 0.357. The Morgan fingerprint density at radius 1 is 1.47 bits per heavy atom. The van der Waals surface area contributed by atoms with Crippen molar-refractivity contribution in [2.24, 2.45) is 0 Å². The lowest BCUT2D eigenvalue weighted by Crippen LogP contribution is -2.34. The van der Waals surface area contributed by atoms with Gasteiger partial charge in [0, 0.05) is 5.38 Å². The average molecular weight is 314 g/mol. The van der Waals surface area contributed by atoms with Crippen molar-refractivity contribution < 1.29 is 27.9 Å². The molecule has 1 amide bonds. The maximum atomic E-state index is 11.8. The highest BCUT2D eigenvalue weighted by atomic mass is 32.2. The molecule has 1 aromatic rings. The van der Waals surface area contributed by atoms with Gasteiger partial charge in [-0.25, -0.2) is 4.98 Å². The number of carbonyl (C=O) groups is 2. The molecule has 0 bridgehead atoms. The van der Waals surface area contributed by atoms with E-state index in [1.807, 2.05) is 0 Å². The van der Waals surface area contributed by atoms with E-state index in [2.05, 4.69) is 4.98 Å². The number of carboxylic acids is 1. The average Bonchev–Trinajstić information content (AvgIpc) is 2.69. The summed E-state index contributed by atoms with van der Waals surface area (Å²) in [6, 6.07) is 0. The number of alkyl halides is 3. The summed E-state index contributed by atoms with van der Waals surface area (Å²) >= 11 is 2.11. The van der Waals surface area contributed by atoms with E-state index in [1.165, 1.54) is 5.38 Å². The first-order chi connectivity index (χ1) is 8.76. The van der Waals surface area contributed by atoms with Crippen LogP contribution >= 0.6 is 23.1 Å². The highest BCUT2D eigenvalue weighted by Gasteiger charge is 2.27. The lowest BCUT2D eigenvalue weighted by molar-refractivity contribution is -0.136. The number of halogens is 3. The summed E-state index contributed by atoms with van der Waals surface area (Å²) in [4.78, 5) is 25.4. The topological polar surface area (TPSA) is 79.3 Å². The number of nitrogens with zero attached hydrogens (tertiary/aromatic N) is 1. The first-order valence-electron chi connectivity index (χ1n) is 4.89. The molecule has 0 unspecified atom stereocenters. The fourth-order valence-corrected chi connectivity index (χ4v) is 2.64. The lowest BCUT2D eigenvalue weighted by Gasteiger charge is -2.07. The molecule has 106 valence electrons. The van der Waals surface area contributed by atoms with Gasteiger partial charge in [0.15, 0.2) is 4.34 Å². The van der Waals surface area contributed by atoms with Gasteiger partial charge in [-0.05, 0) is 0 Å². The molecular formula is C9H9F3N2O3S2. The smallest absolute Gasteiger partial charge is 0.405 e. The van der Waals surface area contributed by atoms with E-state index in [0.717, 1.165) is 23.1 Å². The summed E-state index contributed by atoms with van der Waals surface area (Å²) in [7, 11) is 0. The molecule has 0 aromatic carbocycles. The molecule has 2 N–H and O–H groups in total. The highest BCUT2D eigenvalue weighted by Crippen LogP contribution is 2.22. The Kier molecular flexibility index (Phi) is 5.60. The minimum Gasteiger partial charge on any atom is -0.481 e. The van der Waals surface area contributed by atoms with Crippen LogP contribution in [0.2, 0.25) is 0 Å². The molecule has 0 saturated heterocycles. The first kappa shape index (κ1) is 15.8. The van der Waals surface area contributed by atoms with Crippen molar-refractivity contribution in [2.45, 2.75) is 16.9 Å². The van der Waals surface area contributed by atoms with Crippen molar-refractivity contribution in [2.75, 3.05) is 12.3 Å². The summed E-state index contributed by atoms with van der Waals surface area (Å²) < 4.78 is 35.9. The Bertz CT molecular complexity index is 462. The van der Waals surface area contributed by atoms with E-state index in [1.54, 1.807) is 5.32 Å². The van der Waals surface area contributed by atoms with Gasteiger partial charge in [0.25, 0.3) is 0 Å². The van der Waals surface area contributed by atoms with Gasteiger partial charge >= 0.3 is 12.1 Å². The Morgan fingerprint density at radius 3 is 2.74 bits per heavy atom. The van der Waals surface area contributed by atoms with Gasteiger partial charge in [0.1, 0.15) is 6.54 Å². The zero-order chi connectivity index (χ0) is 14.5. The van der Waals surface area contributed by atoms with Crippen LogP contribution < -0.4 is 5.32 Å². The standard InChI is InChI=1S/C9H9F3N2O3S2/c10-9(11,12)4-13-6(15)3-19-8-14-5(2-18-8)1-7(16)17/h2H,1,3-4H2,(H,13,15)(H,16,17). The van der Waals surface area contributed by atoms with Crippen LogP contribution in [0.1, 0.15) is 5.69 Å². The third-order valence-corrected chi connectivity index (χ3v) is 3.75. The Labute approximate surface area is 114 Å². The van der Waals surface area contributed by atoms with Crippen LogP contribution in [0.5, 0.6) is 0 Å². The molecule has 0 aliphatic heterocycles. The van der Waals surface area contributed by atoms with E-state index in [-0.39, 0.29) is 12.2 Å². The second-order valence-corrected chi connectivity index (χ2v) is 5.44. The fourth-order valence-electron chi connectivity index (χ4n) is 0.968. The number of carboxylic acid groups (broad SMARTS) is 1. The summed E-state index contributed by atoms with van der Waals surface area (Å²) in [6.07, 6.45) is -4.66. The van der Waals surface area contributed by atoms with Crippen molar-refractivity contribution >= 4 is 35.0 Å². The minimum absolute atomic E-state index is 0.198. The molecule has 0 aliphatic carbocycles. The Morgan fingerprint density at radius 2 is 2.16 bits per heavy atom. The zero-order valence-corrected chi connectivity index (χ0v) is 11.0. The molecule has 1 aromatic heterocycles. The van der Waals surface area contributed by atoms with Crippen molar-refractivity contribution in [3.63, 3.8) is 0 Å². The van der Waals surface area contributed by atoms with Crippen molar-refractivity contribution in [1.29, 1.82) is 0 Å². The maximum absolute atomic E-state index is 11.8. The van der Waals surface area contributed by atoms with Gasteiger partial charge in [-0.2, -0.15) is 13.2 Å². The summed E-state index contributed by atoms with van der Waals surface area (Å²) in [5.74, 6) is -1.97. The molecule has 0 saturated carbocycles. The van der Waals surface area contributed by atoms with Crippen LogP contribution in [-0.4, -0.2) is 40.4 Å². The first-order valence-corrected chi connectivity index (χ1v) is 6.75. The molecule has 1 rings (SSSR count). The second-order valence-electron chi connectivity index (χ2n) is 3.36. The quantitative estimate of drug-likeness (QED) is 0.779. The molecule has 10 heteroatoms. The number of carbonyl (C=O) groups excluding carboxylic acids is 1. The summed E-state index contributed by atoms with van der Waals surface area (Å²) in [5, 5.41) is 11.8. The van der Waals surface area contributed by atoms with E-state index >= 15 is 0 Å². The van der Waals surface area contributed by atoms with E-state index in [0.29, 0.717) is 10.0 Å². The monoisotopic (exact) mass is 314 g/mol. The molecule has 0 fully saturated rings. The molecule has 0 spiro atoms. The van der Waals surface area contributed by atoms with E-state index in [4.69, 9.17) is 5.11 Å². The number of thiazole rings is 1. The van der Waals surface area contributed by atoms with Crippen LogP contribution in [-0.2, 0) is 16.0 Å². The van der Waals surface area contributed by atoms with Crippen LogP contribution in [0.3, 0.4) is 0 Å². The third kappa shape index (κ3) is 7.01. The van der Waals surface area contributed by atoms with Crippen molar-refractivity contribution in [1.82, 2.24) is 10.3 Å². The van der Waals surface area contributed by atoms with Gasteiger partial charge in [-0.1, -0.05) is 11.8 Å². The van der Waals surface area contributed by atoms with Gasteiger partial charge in [0.05, 0.1) is 17.9 Å². The number of hydrogen-bond donors (Lipinski definition) is 2. The fraction of sp³-hybridized carbons (Fsp3) is 0.444. The molecule has 0 radical (unpaired) electrons. The number of aliphatic carboxylic acids is 1. The summed E-state index contributed by atoms with van der Waals surface area (Å²) in [6.45, 7) is -1.37. The number of aromatic nitrogens is 1. The van der Waals surface area contributed by atoms with Gasteiger partial charge in [0.2, 0.25) is 5.91 Å². The molecular weight excluding hydrogens is 305 g/mol. The normalized spacial score (nSPS) is 11.3. The Balaban J connectivity index is 2.34. The number of hydrogen-bond acceptors (Lipinski definition) is 5. The lowest BCUT2D eigenvalue weighted by atomic mass is 10.3. The molecule has 0 atom stereocenters.